The fraction of sp³-hybridized carbons (Fsp3) is 0.533. The molecule has 2 heterocycles. The number of carbonyl (C=O) groups excluding carboxylic acids is 1. The Balaban J connectivity index is 1.53. The first-order valence-electron chi connectivity index (χ1n) is 7.32. The molecule has 1 amide bonds. The minimum Gasteiger partial charge on any atom is -0.399 e. The van der Waals surface area contributed by atoms with E-state index in [2.05, 4.69) is 10.2 Å². The molecule has 6 heteroatoms. The lowest BCUT2D eigenvalue weighted by Crippen LogP contribution is -2.50. The number of nitrogens with zero attached hydrogens (tertiary/aromatic N) is 1. The molecule has 3 rings (SSSR count). The summed E-state index contributed by atoms with van der Waals surface area (Å²) in [5.41, 5.74) is 6.03. The highest BCUT2D eigenvalue weighted by Crippen LogP contribution is 2.22. The summed E-state index contributed by atoms with van der Waals surface area (Å²) < 4.78 is 19.0. The maximum absolute atomic E-state index is 13.2. The monoisotopic (exact) mass is 293 g/mol. The molecule has 5 nitrogen and oxygen atoms in total. The number of amides is 1. The molecule has 2 saturated heterocycles. The van der Waals surface area contributed by atoms with Gasteiger partial charge < -0.3 is 15.8 Å². The molecule has 21 heavy (non-hydrogen) atoms. The second-order valence-electron chi connectivity index (χ2n) is 5.73. The van der Waals surface area contributed by atoms with E-state index in [0.717, 1.165) is 19.7 Å². The standard InChI is InChI=1S/C15H20FN3O2/c16-11-4-10(5-12(17)6-11)15(20)18-7-14-8-19-3-1-2-13(19)9-21-14/h4-6,13-14H,1-3,7-9,17H2,(H,18,20). The minimum atomic E-state index is -0.506. The van der Waals surface area contributed by atoms with E-state index in [9.17, 15) is 9.18 Å². The zero-order valence-corrected chi connectivity index (χ0v) is 11.8. The van der Waals surface area contributed by atoms with Gasteiger partial charge in [-0.05, 0) is 37.6 Å². The second kappa shape index (κ2) is 5.99. The Morgan fingerprint density at radius 3 is 3.14 bits per heavy atom. The molecule has 114 valence electrons. The number of benzene rings is 1. The van der Waals surface area contributed by atoms with Gasteiger partial charge in [-0.1, -0.05) is 0 Å². The Hall–Kier alpha value is -1.66. The molecule has 0 saturated carbocycles. The van der Waals surface area contributed by atoms with Crippen molar-refractivity contribution in [3.8, 4) is 0 Å². The van der Waals surface area contributed by atoms with E-state index >= 15 is 0 Å². The number of nitrogen functional groups attached to an aromatic ring is 1. The molecule has 2 atom stereocenters. The fourth-order valence-corrected chi connectivity index (χ4v) is 3.06. The van der Waals surface area contributed by atoms with Crippen LogP contribution in [0.15, 0.2) is 18.2 Å². The van der Waals surface area contributed by atoms with Crippen molar-refractivity contribution in [3.63, 3.8) is 0 Å². The third-order valence-corrected chi connectivity index (χ3v) is 4.13. The van der Waals surface area contributed by atoms with Crippen molar-refractivity contribution in [3.05, 3.63) is 29.6 Å². The third kappa shape index (κ3) is 3.33. The van der Waals surface area contributed by atoms with Crippen molar-refractivity contribution >= 4 is 11.6 Å². The highest BCUT2D eigenvalue weighted by atomic mass is 19.1. The minimum absolute atomic E-state index is 0.00536. The summed E-state index contributed by atoms with van der Waals surface area (Å²) in [5.74, 6) is -0.831. The predicted molar refractivity (Wildman–Crippen MR) is 77.5 cm³/mol. The van der Waals surface area contributed by atoms with Gasteiger partial charge in [0.25, 0.3) is 5.91 Å². The summed E-state index contributed by atoms with van der Waals surface area (Å²) in [4.78, 5) is 14.4. The van der Waals surface area contributed by atoms with Crippen LogP contribution in [-0.4, -0.2) is 49.2 Å². The summed E-state index contributed by atoms with van der Waals surface area (Å²) >= 11 is 0. The Labute approximate surface area is 123 Å². The van der Waals surface area contributed by atoms with Crippen molar-refractivity contribution in [2.24, 2.45) is 0 Å². The lowest BCUT2D eigenvalue weighted by molar-refractivity contribution is -0.0461. The van der Waals surface area contributed by atoms with Gasteiger partial charge in [0.2, 0.25) is 0 Å². The van der Waals surface area contributed by atoms with Crippen molar-refractivity contribution in [2.45, 2.75) is 25.0 Å². The first-order valence-corrected chi connectivity index (χ1v) is 7.32. The van der Waals surface area contributed by atoms with Crippen LogP contribution in [0.25, 0.3) is 0 Å². The number of halogens is 1. The number of hydrogen-bond acceptors (Lipinski definition) is 4. The first-order chi connectivity index (χ1) is 10.1. The van der Waals surface area contributed by atoms with E-state index in [1.54, 1.807) is 0 Å². The summed E-state index contributed by atoms with van der Waals surface area (Å²) in [6, 6.07) is 4.38. The smallest absolute Gasteiger partial charge is 0.251 e. The summed E-state index contributed by atoms with van der Waals surface area (Å²) in [7, 11) is 0. The Morgan fingerprint density at radius 1 is 1.48 bits per heavy atom. The van der Waals surface area contributed by atoms with Gasteiger partial charge in [0.05, 0.1) is 12.7 Å². The van der Waals surface area contributed by atoms with Gasteiger partial charge in [-0.25, -0.2) is 4.39 Å². The molecule has 0 aliphatic carbocycles. The van der Waals surface area contributed by atoms with Gasteiger partial charge in [-0.15, -0.1) is 0 Å². The average molecular weight is 293 g/mol. The number of carbonyl (C=O) groups is 1. The zero-order valence-electron chi connectivity index (χ0n) is 11.8. The predicted octanol–water partition coefficient (Wildman–Crippen LogP) is 1.00. The van der Waals surface area contributed by atoms with Crippen LogP contribution in [0.2, 0.25) is 0 Å². The van der Waals surface area contributed by atoms with Gasteiger partial charge in [0.15, 0.2) is 0 Å². The molecule has 2 aliphatic rings. The lowest BCUT2D eigenvalue weighted by atomic mass is 10.1. The molecule has 0 aromatic heterocycles. The quantitative estimate of drug-likeness (QED) is 0.816. The molecule has 0 bridgehead atoms. The summed E-state index contributed by atoms with van der Waals surface area (Å²) in [5, 5.41) is 2.79. The average Bonchev–Trinajstić information content (AvgIpc) is 2.91. The molecule has 2 aliphatic heterocycles. The summed E-state index contributed by atoms with van der Waals surface area (Å²) in [6.45, 7) is 3.11. The Morgan fingerprint density at radius 2 is 2.33 bits per heavy atom. The molecule has 0 spiro atoms. The van der Waals surface area contributed by atoms with Crippen LogP contribution in [0.5, 0.6) is 0 Å². The van der Waals surface area contributed by atoms with Crippen molar-refractivity contribution < 1.29 is 13.9 Å². The molecular formula is C15H20FN3O2. The first kappa shape index (κ1) is 14.3. The number of fused-ring (bicyclic) bond motifs is 1. The maximum atomic E-state index is 13.2. The Kier molecular flexibility index (Phi) is 4.07. The number of nitrogens with one attached hydrogen (secondary N) is 1. The van der Waals surface area contributed by atoms with E-state index in [-0.39, 0.29) is 23.3 Å². The molecular weight excluding hydrogens is 273 g/mol. The van der Waals surface area contributed by atoms with Gasteiger partial charge in [0.1, 0.15) is 5.82 Å². The number of ether oxygens (including phenoxy) is 1. The molecule has 1 aromatic rings. The van der Waals surface area contributed by atoms with E-state index in [0.29, 0.717) is 12.6 Å². The van der Waals surface area contributed by atoms with E-state index in [1.807, 2.05) is 0 Å². The Bertz CT molecular complexity index is 517. The molecule has 2 fully saturated rings. The van der Waals surface area contributed by atoms with E-state index < -0.39 is 5.82 Å². The van der Waals surface area contributed by atoms with Crippen LogP contribution in [-0.2, 0) is 4.74 Å². The van der Waals surface area contributed by atoms with Gasteiger partial charge in [0, 0.05) is 30.4 Å². The van der Waals surface area contributed by atoms with Crippen LogP contribution in [0.1, 0.15) is 23.2 Å². The molecule has 2 unspecified atom stereocenters. The fourth-order valence-electron chi connectivity index (χ4n) is 3.06. The van der Waals surface area contributed by atoms with Gasteiger partial charge >= 0.3 is 0 Å². The largest absolute Gasteiger partial charge is 0.399 e. The molecule has 3 N–H and O–H groups in total. The van der Waals surface area contributed by atoms with Gasteiger partial charge in [-0.2, -0.15) is 0 Å². The van der Waals surface area contributed by atoms with Crippen molar-refractivity contribution in [2.75, 3.05) is 32.0 Å². The lowest BCUT2D eigenvalue weighted by Gasteiger charge is -2.35. The second-order valence-corrected chi connectivity index (χ2v) is 5.73. The SMILES string of the molecule is Nc1cc(F)cc(C(=O)NCC2CN3CCCC3CO2)c1. The topological polar surface area (TPSA) is 67.6 Å². The number of morpholine rings is 1. The van der Waals surface area contributed by atoms with Gasteiger partial charge in [-0.3, -0.25) is 9.69 Å². The van der Waals surface area contributed by atoms with E-state index in [4.69, 9.17) is 10.5 Å². The van der Waals surface area contributed by atoms with E-state index in [1.165, 1.54) is 31.0 Å². The van der Waals surface area contributed by atoms with Crippen LogP contribution < -0.4 is 11.1 Å². The number of hydrogen-bond donors (Lipinski definition) is 2. The van der Waals surface area contributed by atoms with Crippen molar-refractivity contribution in [1.82, 2.24) is 10.2 Å². The number of nitrogens with two attached hydrogens (primary N) is 1. The number of rotatable bonds is 3. The molecule has 0 radical (unpaired) electrons. The van der Waals surface area contributed by atoms with Crippen LogP contribution >= 0.6 is 0 Å². The maximum Gasteiger partial charge on any atom is 0.251 e. The van der Waals surface area contributed by atoms with Crippen molar-refractivity contribution in [1.29, 1.82) is 0 Å². The van der Waals surface area contributed by atoms with Crippen LogP contribution in [0.4, 0.5) is 10.1 Å². The normalized spacial score (nSPS) is 25.6. The third-order valence-electron chi connectivity index (χ3n) is 4.13. The van der Waals surface area contributed by atoms with Crippen LogP contribution in [0, 0.1) is 5.82 Å². The van der Waals surface area contributed by atoms with Crippen LogP contribution in [0.3, 0.4) is 0 Å². The molecule has 1 aromatic carbocycles. The summed E-state index contributed by atoms with van der Waals surface area (Å²) in [6.07, 6.45) is 2.41. The zero-order chi connectivity index (χ0) is 14.8. The highest BCUT2D eigenvalue weighted by molar-refractivity contribution is 5.95. The highest BCUT2D eigenvalue weighted by Gasteiger charge is 2.32. The number of anilines is 1.